The second-order valence-electron chi connectivity index (χ2n) is 3.05. The van der Waals surface area contributed by atoms with Gasteiger partial charge in [-0.25, -0.2) is 4.79 Å². The van der Waals surface area contributed by atoms with E-state index >= 15 is 0 Å². The zero-order valence-corrected chi connectivity index (χ0v) is 8.41. The smallest absolute Gasteiger partial charge is 0.407 e. The first-order valence-electron chi connectivity index (χ1n) is 4.25. The van der Waals surface area contributed by atoms with Crippen LogP contribution < -0.4 is 5.32 Å². The van der Waals surface area contributed by atoms with Gasteiger partial charge in [0.2, 0.25) is 0 Å². The van der Waals surface area contributed by atoms with Crippen LogP contribution in [0.25, 0.3) is 0 Å². The number of carbonyl (C=O) groups excluding carboxylic acids is 1. The topological polar surface area (TPSA) is 61.8 Å². The van der Waals surface area contributed by atoms with Gasteiger partial charge in [0.25, 0.3) is 0 Å². The monoisotopic (exact) mass is 190 g/mol. The van der Waals surface area contributed by atoms with Gasteiger partial charge in [-0.15, -0.1) is 0 Å². The number of nitrogens with zero attached hydrogens (tertiary/aromatic N) is 1. The van der Waals surface area contributed by atoms with Crippen LogP contribution in [-0.2, 0) is 4.74 Å². The molecule has 0 bridgehead atoms. The molecule has 13 heavy (non-hydrogen) atoms. The molecular formula is C8H18N2O3. The van der Waals surface area contributed by atoms with Gasteiger partial charge in [0.15, 0.2) is 0 Å². The molecule has 0 fully saturated rings. The lowest BCUT2D eigenvalue weighted by molar-refractivity contribution is 0.117. The molecule has 5 nitrogen and oxygen atoms in total. The van der Waals surface area contributed by atoms with Crippen molar-refractivity contribution in [3.05, 3.63) is 0 Å². The summed E-state index contributed by atoms with van der Waals surface area (Å²) in [4.78, 5) is 12.9. The van der Waals surface area contributed by atoms with Crippen molar-refractivity contribution >= 4 is 6.09 Å². The summed E-state index contributed by atoms with van der Waals surface area (Å²) in [5, 5.41) is 11.0. The lowest BCUT2D eigenvalue weighted by atomic mass is 10.3. The summed E-state index contributed by atoms with van der Waals surface area (Å²) in [5.41, 5.74) is 0. The van der Waals surface area contributed by atoms with Gasteiger partial charge in [0.05, 0.1) is 6.61 Å². The number of amides is 1. The van der Waals surface area contributed by atoms with Crippen LogP contribution in [0.1, 0.15) is 6.92 Å². The van der Waals surface area contributed by atoms with E-state index in [2.05, 4.69) is 10.1 Å². The molecule has 0 saturated carbocycles. The summed E-state index contributed by atoms with van der Waals surface area (Å²) in [6, 6.07) is 0.265. The minimum Gasteiger partial charge on any atom is -0.447 e. The van der Waals surface area contributed by atoms with E-state index in [4.69, 9.17) is 5.11 Å². The summed E-state index contributed by atoms with van der Waals surface area (Å²) in [7, 11) is 3.87. The van der Waals surface area contributed by atoms with E-state index in [1.54, 1.807) is 0 Å². The highest BCUT2D eigenvalue weighted by Crippen LogP contribution is 1.88. The summed E-state index contributed by atoms with van der Waals surface area (Å²) < 4.78 is 4.60. The summed E-state index contributed by atoms with van der Waals surface area (Å²) in [6.07, 6.45) is -0.484. The Morgan fingerprint density at radius 3 is 2.69 bits per heavy atom. The normalized spacial score (nSPS) is 12.7. The van der Waals surface area contributed by atoms with Gasteiger partial charge in [-0.2, -0.15) is 0 Å². The molecule has 0 heterocycles. The molecule has 5 heteroatoms. The molecule has 0 spiro atoms. The first-order chi connectivity index (χ1) is 6.07. The fourth-order valence-electron chi connectivity index (χ4n) is 0.603. The van der Waals surface area contributed by atoms with E-state index < -0.39 is 6.09 Å². The maximum Gasteiger partial charge on any atom is 0.407 e. The molecule has 0 radical (unpaired) electrons. The molecule has 0 aliphatic heterocycles. The van der Waals surface area contributed by atoms with Crippen LogP contribution in [-0.4, -0.2) is 56.0 Å². The fourth-order valence-corrected chi connectivity index (χ4v) is 0.603. The van der Waals surface area contributed by atoms with E-state index in [1.807, 2.05) is 25.9 Å². The van der Waals surface area contributed by atoms with Crippen molar-refractivity contribution in [1.29, 1.82) is 0 Å². The van der Waals surface area contributed by atoms with Crippen LogP contribution in [0, 0.1) is 0 Å². The van der Waals surface area contributed by atoms with Gasteiger partial charge in [0.1, 0.15) is 6.61 Å². The highest BCUT2D eigenvalue weighted by atomic mass is 16.6. The molecule has 78 valence electrons. The highest BCUT2D eigenvalue weighted by molar-refractivity contribution is 5.67. The van der Waals surface area contributed by atoms with Crippen molar-refractivity contribution in [2.24, 2.45) is 0 Å². The molecule has 0 aromatic rings. The van der Waals surface area contributed by atoms with E-state index in [0.29, 0.717) is 6.54 Å². The Morgan fingerprint density at radius 2 is 2.23 bits per heavy atom. The first-order valence-corrected chi connectivity index (χ1v) is 4.25. The third-order valence-corrected chi connectivity index (χ3v) is 1.75. The van der Waals surface area contributed by atoms with E-state index in [9.17, 15) is 4.79 Å². The van der Waals surface area contributed by atoms with Crippen LogP contribution in [0.2, 0.25) is 0 Å². The van der Waals surface area contributed by atoms with Crippen molar-refractivity contribution in [3.8, 4) is 0 Å². The van der Waals surface area contributed by atoms with Gasteiger partial charge >= 0.3 is 6.09 Å². The molecule has 1 unspecified atom stereocenters. The Kier molecular flexibility index (Phi) is 6.26. The van der Waals surface area contributed by atoms with Crippen LogP contribution >= 0.6 is 0 Å². The fraction of sp³-hybridized carbons (Fsp3) is 0.875. The maximum atomic E-state index is 10.9. The van der Waals surface area contributed by atoms with E-state index in [-0.39, 0.29) is 19.3 Å². The Hall–Kier alpha value is -0.810. The molecule has 0 rings (SSSR count). The van der Waals surface area contributed by atoms with E-state index in [0.717, 1.165) is 0 Å². The van der Waals surface area contributed by atoms with Crippen LogP contribution in [0.15, 0.2) is 0 Å². The summed E-state index contributed by atoms with van der Waals surface area (Å²) in [6.45, 7) is 2.43. The predicted octanol–water partition coefficient (Wildman–Crippen LogP) is -0.345. The van der Waals surface area contributed by atoms with Crippen molar-refractivity contribution in [1.82, 2.24) is 10.2 Å². The van der Waals surface area contributed by atoms with Crippen LogP contribution in [0.3, 0.4) is 0 Å². The van der Waals surface area contributed by atoms with Crippen molar-refractivity contribution < 1.29 is 14.6 Å². The molecule has 0 aliphatic rings. The number of hydrogen-bond acceptors (Lipinski definition) is 4. The largest absolute Gasteiger partial charge is 0.447 e. The third-order valence-electron chi connectivity index (χ3n) is 1.75. The Bertz CT molecular complexity index is 150. The number of carbonyl (C=O) groups is 1. The summed E-state index contributed by atoms with van der Waals surface area (Å²) >= 11 is 0. The van der Waals surface area contributed by atoms with Crippen LogP contribution in [0.4, 0.5) is 4.79 Å². The lowest BCUT2D eigenvalue weighted by Gasteiger charge is -2.19. The standard InChI is InChI=1S/C8H18N2O3/c1-7(10(2)3)6-9-8(12)13-5-4-11/h7,11H,4-6H2,1-3H3,(H,9,12). The number of aliphatic hydroxyl groups excluding tert-OH is 1. The minimum atomic E-state index is -0.484. The number of likely N-dealkylation sites (N-methyl/N-ethyl adjacent to an activating group) is 1. The van der Waals surface area contributed by atoms with Gasteiger partial charge in [-0.3, -0.25) is 0 Å². The Labute approximate surface area is 78.7 Å². The van der Waals surface area contributed by atoms with Gasteiger partial charge in [-0.05, 0) is 21.0 Å². The second kappa shape index (κ2) is 6.68. The predicted molar refractivity (Wildman–Crippen MR) is 49.6 cm³/mol. The summed E-state index contributed by atoms with van der Waals surface area (Å²) in [5.74, 6) is 0. The molecule has 0 aliphatic carbocycles. The highest BCUT2D eigenvalue weighted by Gasteiger charge is 2.06. The quantitative estimate of drug-likeness (QED) is 0.622. The van der Waals surface area contributed by atoms with Crippen molar-refractivity contribution in [2.75, 3.05) is 33.9 Å². The second-order valence-corrected chi connectivity index (χ2v) is 3.05. The number of alkyl carbamates (subject to hydrolysis) is 1. The first kappa shape index (κ1) is 12.2. The number of rotatable bonds is 5. The van der Waals surface area contributed by atoms with E-state index in [1.165, 1.54) is 0 Å². The molecular weight excluding hydrogens is 172 g/mol. The molecule has 1 atom stereocenters. The average molecular weight is 190 g/mol. The SMILES string of the molecule is CC(CNC(=O)OCCO)N(C)C. The number of ether oxygens (including phenoxy) is 1. The Balaban J connectivity index is 3.46. The average Bonchev–Trinajstić information content (AvgIpc) is 2.10. The number of hydrogen-bond donors (Lipinski definition) is 2. The van der Waals surface area contributed by atoms with Crippen molar-refractivity contribution in [2.45, 2.75) is 13.0 Å². The van der Waals surface area contributed by atoms with Crippen LogP contribution in [0.5, 0.6) is 0 Å². The van der Waals surface area contributed by atoms with Gasteiger partial charge in [-0.1, -0.05) is 0 Å². The van der Waals surface area contributed by atoms with Crippen molar-refractivity contribution in [3.63, 3.8) is 0 Å². The molecule has 0 saturated heterocycles. The van der Waals surface area contributed by atoms with Gasteiger partial charge < -0.3 is 20.1 Å². The minimum absolute atomic E-state index is 0.0438. The zero-order chi connectivity index (χ0) is 10.3. The van der Waals surface area contributed by atoms with Gasteiger partial charge in [0, 0.05) is 12.6 Å². The lowest BCUT2D eigenvalue weighted by Crippen LogP contribution is -2.38. The molecule has 1 amide bonds. The zero-order valence-electron chi connectivity index (χ0n) is 8.41. The molecule has 2 N–H and O–H groups in total. The Morgan fingerprint density at radius 1 is 1.62 bits per heavy atom. The maximum absolute atomic E-state index is 10.9. The molecule has 0 aromatic heterocycles. The third kappa shape index (κ3) is 6.36. The number of aliphatic hydroxyl groups is 1. The number of nitrogens with one attached hydrogen (secondary N) is 1. The molecule has 0 aromatic carbocycles.